The number of rotatable bonds is 6. The van der Waals surface area contributed by atoms with Crippen molar-refractivity contribution in [2.75, 3.05) is 26.5 Å². The second-order valence-electron chi connectivity index (χ2n) is 5.88. The first-order valence-corrected chi connectivity index (χ1v) is 8.79. The fraction of sp³-hybridized carbons (Fsp3) is 0.588. The predicted molar refractivity (Wildman–Crippen MR) is 111 cm³/mol. The second-order valence-corrected chi connectivity index (χ2v) is 7.57. The lowest BCUT2D eigenvalue weighted by Crippen LogP contribution is -2.43. The smallest absolute Gasteiger partial charge is 0.191 e. The van der Waals surface area contributed by atoms with Crippen LogP contribution in [0.5, 0.6) is 0 Å². The van der Waals surface area contributed by atoms with Crippen LogP contribution in [0.2, 0.25) is 0 Å². The summed E-state index contributed by atoms with van der Waals surface area (Å²) in [6.45, 7) is 4.68. The van der Waals surface area contributed by atoms with E-state index in [1.165, 1.54) is 29.7 Å². The van der Waals surface area contributed by atoms with Crippen molar-refractivity contribution < 1.29 is 4.74 Å². The molecule has 1 saturated heterocycles. The van der Waals surface area contributed by atoms with E-state index in [-0.39, 0.29) is 24.0 Å². The molecular weight excluding hydrogens is 421 g/mol. The summed E-state index contributed by atoms with van der Waals surface area (Å²) in [4.78, 5) is 4.32. The van der Waals surface area contributed by atoms with Gasteiger partial charge in [0.25, 0.3) is 0 Å². The van der Waals surface area contributed by atoms with Crippen LogP contribution in [0.1, 0.15) is 30.9 Å². The average molecular weight is 449 g/mol. The summed E-state index contributed by atoms with van der Waals surface area (Å²) in [7, 11) is 3.55. The highest BCUT2D eigenvalue weighted by atomic mass is 127. The Morgan fingerprint density at radius 1 is 1.30 bits per heavy atom. The molecule has 1 aliphatic heterocycles. The van der Waals surface area contributed by atoms with Crippen molar-refractivity contribution in [2.24, 2.45) is 4.99 Å². The quantitative estimate of drug-likeness (QED) is 0.397. The molecule has 0 spiro atoms. The maximum Gasteiger partial charge on any atom is 0.191 e. The number of halogens is 1. The summed E-state index contributed by atoms with van der Waals surface area (Å²) in [5.41, 5.74) is 2.46. The molecule has 2 N–H and O–H groups in total. The summed E-state index contributed by atoms with van der Waals surface area (Å²) in [6.07, 6.45) is 2.59. The molecular formula is C17H28IN3OS. The highest BCUT2D eigenvalue weighted by Crippen LogP contribution is 2.36. The van der Waals surface area contributed by atoms with Gasteiger partial charge in [-0.3, -0.25) is 4.99 Å². The van der Waals surface area contributed by atoms with Gasteiger partial charge in [-0.05, 0) is 36.6 Å². The average Bonchev–Trinajstić information content (AvgIpc) is 2.96. The first-order valence-electron chi connectivity index (χ1n) is 7.81. The number of methoxy groups -OCH3 is 1. The Kier molecular flexibility index (Phi) is 9.31. The first kappa shape index (κ1) is 20.6. The topological polar surface area (TPSA) is 45.7 Å². The Morgan fingerprint density at radius 3 is 2.65 bits per heavy atom. The molecule has 1 unspecified atom stereocenters. The van der Waals surface area contributed by atoms with Gasteiger partial charge in [-0.15, -0.1) is 24.0 Å². The molecule has 130 valence electrons. The van der Waals surface area contributed by atoms with Crippen molar-refractivity contribution in [2.45, 2.75) is 37.7 Å². The van der Waals surface area contributed by atoms with Gasteiger partial charge >= 0.3 is 0 Å². The number of hydrogen-bond donors (Lipinski definition) is 2. The Morgan fingerprint density at radius 2 is 2.04 bits per heavy atom. The maximum absolute atomic E-state index is 5.25. The third kappa shape index (κ3) is 6.51. The number of ether oxygens (including phenoxy) is 1. The largest absolute Gasteiger partial charge is 0.380 e. The van der Waals surface area contributed by atoms with Crippen LogP contribution >= 0.6 is 35.7 Å². The number of hydrogen-bond acceptors (Lipinski definition) is 3. The zero-order chi connectivity index (χ0) is 15.8. The number of nitrogens with zero attached hydrogens (tertiary/aromatic N) is 1. The van der Waals surface area contributed by atoms with Gasteiger partial charge in [0.2, 0.25) is 0 Å². The molecule has 1 heterocycles. The van der Waals surface area contributed by atoms with E-state index >= 15 is 0 Å². The van der Waals surface area contributed by atoms with E-state index in [0.29, 0.717) is 11.4 Å². The highest BCUT2D eigenvalue weighted by Gasteiger charge is 2.29. The Hall–Kier alpha value is -0.470. The molecule has 0 bridgehead atoms. The lowest BCUT2D eigenvalue weighted by Gasteiger charge is -2.24. The normalized spacial score (nSPS) is 20.9. The molecule has 1 fully saturated rings. The molecule has 0 radical (unpaired) electrons. The second kappa shape index (κ2) is 10.4. The molecule has 0 aromatic heterocycles. The first-order chi connectivity index (χ1) is 10.7. The van der Waals surface area contributed by atoms with Crippen LogP contribution in [0.25, 0.3) is 0 Å². The molecule has 6 heteroatoms. The molecule has 1 aliphatic rings. The number of benzene rings is 1. The summed E-state index contributed by atoms with van der Waals surface area (Å²) < 4.78 is 5.59. The molecule has 0 saturated carbocycles. The monoisotopic (exact) mass is 449 g/mol. The van der Waals surface area contributed by atoms with Crippen molar-refractivity contribution in [1.29, 1.82) is 0 Å². The molecule has 2 rings (SSSR count). The van der Waals surface area contributed by atoms with Crippen LogP contribution in [0.15, 0.2) is 29.3 Å². The standard InChI is InChI=1S/C17H27N3OS.HI/c1-17(9-6-10-22-17)13-20-16(18-2)19-11-14-7-4-5-8-15(14)12-21-3;/h4-5,7-8H,6,9-13H2,1-3H3,(H2,18,19,20);1H. The van der Waals surface area contributed by atoms with E-state index in [1.54, 1.807) is 7.11 Å². The molecule has 4 nitrogen and oxygen atoms in total. The minimum atomic E-state index is 0. The zero-order valence-corrected chi connectivity index (χ0v) is 17.4. The van der Waals surface area contributed by atoms with Gasteiger partial charge in [0, 0.05) is 32.0 Å². The van der Waals surface area contributed by atoms with E-state index in [1.807, 2.05) is 13.1 Å². The lowest BCUT2D eigenvalue weighted by atomic mass is 10.1. The van der Waals surface area contributed by atoms with Crippen LogP contribution in [0.4, 0.5) is 0 Å². The van der Waals surface area contributed by atoms with E-state index in [4.69, 9.17) is 4.74 Å². The molecule has 1 aromatic rings. The number of aliphatic imine (C=N–C) groups is 1. The van der Waals surface area contributed by atoms with Crippen LogP contribution in [-0.2, 0) is 17.9 Å². The van der Waals surface area contributed by atoms with Crippen molar-refractivity contribution in [3.05, 3.63) is 35.4 Å². The van der Waals surface area contributed by atoms with Gasteiger partial charge in [-0.25, -0.2) is 0 Å². The van der Waals surface area contributed by atoms with Crippen LogP contribution in [0, 0.1) is 0 Å². The van der Waals surface area contributed by atoms with Gasteiger partial charge in [0.15, 0.2) is 5.96 Å². The third-order valence-corrected chi connectivity index (χ3v) is 5.56. The number of guanidine groups is 1. The van der Waals surface area contributed by atoms with Gasteiger partial charge in [0.1, 0.15) is 0 Å². The van der Waals surface area contributed by atoms with E-state index < -0.39 is 0 Å². The van der Waals surface area contributed by atoms with Crippen molar-refractivity contribution in [3.8, 4) is 0 Å². The molecule has 0 aliphatic carbocycles. The molecule has 23 heavy (non-hydrogen) atoms. The lowest BCUT2D eigenvalue weighted by molar-refractivity contribution is 0.184. The van der Waals surface area contributed by atoms with Crippen molar-refractivity contribution >= 4 is 41.7 Å². The number of nitrogens with one attached hydrogen (secondary N) is 2. The number of thioether (sulfide) groups is 1. The Labute approximate surface area is 161 Å². The zero-order valence-electron chi connectivity index (χ0n) is 14.2. The summed E-state index contributed by atoms with van der Waals surface area (Å²) in [6, 6.07) is 8.33. The summed E-state index contributed by atoms with van der Waals surface area (Å²) >= 11 is 2.06. The van der Waals surface area contributed by atoms with E-state index in [9.17, 15) is 0 Å². The van der Waals surface area contributed by atoms with Gasteiger partial charge in [-0.2, -0.15) is 11.8 Å². The minimum absolute atomic E-state index is 0. The SMILES string of the molecule is CN=C(NCc1ccccc1COC)NCC1(C)CCCS1.I. The summed E-state index contributed by atoms with van der Waals surface area (Å²) in [5.74, 6) is 2.13. The summed E-state index contributed by atoms with van der Waals surface area (Å²) in [5, 5.41) is 6.86. The third-order valence-electron chi connectivity index (χ3n) is 4.02. The predicted octanol–water partition coefficient (Wildman–Crippen LogP) is 3.40. The maximum atomic E-state index is 5.25. The van der Waals surface area contributed by atoms with Crippen LogP contribution < -0.4 is 10.6 Å². The van der Waals surface area contributed by atoms with E-state index in [0.717, 1.165) is 19.0 Å². The van der Waals surface area contributed by atoms with Crippen LogP contribution in [0.3, 0.4) is 0 Å². The molecule has 0 amide bonds. The fourth-order valence-corrected chi connectivity index (χ4v) is 3.92. The van der Waals surface area contributed by atoms with Crippen molar-refractivity contribution in [1.82, 2.24) is 10.6 Å². The Bertz CT molecular complexity index is 504. The minimum Gasteiger partial charge on any atom is -0.380 e. The fourth-order valence-electron chi connectivity index (χ4n) is 2.67. The molecule has 1 atom stereocenters. The van der Waals surface area contributed by atoms with Gasteiger partial charge < -0.3 is 15.4 Å². The van der Waals surface area contributed by atoms with Crippen molar-refractivity contribution in [3.63, 3.8) is 0 Å². The molecule has 1 aromatic carbocycles. The Balaban J connectivity index is 0.00000264. The van der Waals surface area contributed by atoms with Gasteiger partial charge in [-0.1, -0.05) is 24.3 Å². The van der Waals surface area contributed by atoms with Gasteiger partial charge in [0.05, 0.1) is 6.61 Å². The van der Waals surface area contributed by atoms with E-state index in [2.05, 4.69) is 52.5 Å². The highest BCUT2D eigenvalue weighted by molar-refractivity contribution is 14.0. The van der Waals surface area contributed by atoms with Crippen LogP contribution in [-0.4, -0.2) is 37.2 Å².